The van der Waals surface area contributed by atoms with Crippen molar-refractivity contribution in [3.05, 3.63) is 0 Å². The second-order valence-electron chi connectivity index (χ2n) is 4.58. The van der Waals surface area contributed by atoms with Gasteiger partial charge < -0.3 is 15.5 Å². The van der Waals surface area contributed by atoms with E-state index in [0.29, 0.717) is 12.8 Å². The van der Waals surface area contributed by atoms with Crippen LogP contribution in [0.2, 0.25) is 0 Å². The minimum Gasteiger partial charge on any atom is -0.481 e. The van der Waals surface area contributed by atoms with Gasteiger partial charge in [-0.3, -0.25) is 9.59 Å². The van der Waals surface area contributed by atoms with Gasteiger partial charge in [0.1, 0.15) is 5.54 Å². The molecule has 6 heteroatoms. The van der Waals surface area contributed by atoms with Crippen LogP contribution in [0.25, 0.3) is 0 Å². The molecule has 1 fully saturated rings. The largest absolute Gasteiger partial charge is 0.481 e. The van der Waals surface area contributed by atoms with E-state index < -0.39 is 29.3 Å². The maximum atomic E-state index is 11.7. The first-order chi connectivity index (χ1) is 7.87. The highest BCUT2D eigenvalue weighted by Crippen LogP contribution is 2.30. The second-order valence-corrected chi connectivity index (χ2v) is 4.58. The molecule has 0 bridgehead atoms. The third-order valence-corrected chi connectivity index (χ3v) is 3.16. The smallest absolute Gasteiger partial charge is 0.329 e. The molecule has 1 unspecified atom stereocenters. The van der Waals surface area contributed by atoms with E-state index in [0.717, 1.165) is 12.8 Å². The van der Waals surface area contributed by atoms with Crippen LogP contribution in [0.5, 0.6) is 0 Å². The summed E-state index contributed by atoms with van der Waals surface area (Å²) in [7, 11) is 0. The highest BCUT2D eigenvalue weighted by molar-refractivity contribution is 5.89. The molecule has 1 aliphatic rings. The predicted octanol–water partition coefficient (Wildman–Crippen LogP) is 0.611. The summed E-state index contributed by atoms with van der Waals surface area (Å²) in [6.07, 6.45) is 2.06. The fourth-order valence-corrected chi connectivity index (χ4v) is 2.08. The molecule has 0 saturated heterocycles. The maximum absolute atomic E-state index is 11.7. The van der Waals surface area contributed by atoms with Crippen LogP contribution in [-0.2, 0) is 14.4 Å². The van der Waals surface area contributed by atoms with Gasteiger partial charge in [-0.1, -0.05) is 19.8 Å². The summed E-state index contributed by atoms with van der Waals surface area (Å²) in [5, 5.41) is 20.2. The fourth-order valence-electron chi connectivity index (χ4n) is 2.08. The number of aliphatic carboxylic acids is 2. The van der Waals surface area contributed by atoms with Crippen LogP contribution in [0.15, 0.2) is 0 Å². The van der Waals surface area contributed by atoms with Gasteiger partial charge in [-0.15, -0.1) is 0 Å². The van der Waals surface area contributed by atoms with Crippen LogP contribution < -0.4 is 5.32 Å². The van der Waals surface area contributed by atoms with E-state index in [9.17, 15) is 14.4 Å². The Bertz CT molecular complexity index is 333. The summed E-state index contributed by atoms with van der Waals surface area (Å²) in [6, 6.07) is 0. The lowest BCUT2D eigenvalue weighted by atomic mass is 9.96. The molecule has 0 aliphatic heterocycles. The van der Waals surface area contributed by atoms with Gasteiger partial charge in [0.15, 0.2) is 0 Å². The van der Waals surface area contributed by atoms with Gasteiger partial charge in [-0.05, 0) is 12.8 Å². The van der Waals surface area contributed by atoms with E-state index in [1.165, 1.54) is 6.92 Å². The van der Waals surface area contributed by atoms with Crippen molar-refractivity contribution in [2.45, 2.75) is 44.6 Å². The molecule has 0 heterocycles. The molecule has 96 valence electrons. The molecule has 3 N–H and O–H groups in total. The molecular weight excluding hydrogens is 226 g/mol. The highest BCUT2D eigenvalue weighted by Gasteiger charge is 2.43. The average Bonchev–Trinajstić information content (AvgIpc) is 2.66. The molecule has 0 radical (unpaired) electrons. The van der Waals surface area contributed by atoms with E-state index in [1.807, 2.05) is 0 Å². The molecule has 1 aliphatic carbocycles. The van der Waals surface area contributed by atoms with Crippen molar-refractivity contribution in [3.63, 3.8) is 0 Å². The molecule has 17 heavy (non-hydrogen) atoms. The maximum Gasteiger partial charge on any atom is 0.329 e. The quantitative estimate of drug-likeness (QED) is 0.656. The van der Waals surface area contributed by atoms with Crippen molar-refractivity contribution in [1.29, 1.82) is 0 Å². The normalized spacial score (nSPS) is 19.6. The number of hydrogen-bond acceptors (Lipinski definition) is 3. The van der Waals surface area contributed by atoms with Crippen LogP contribution in [0.1, 0.15) is 39.0 Å². The lowest BCUT2D eigenvalue weighted by Gasteiger charge is -2.26. The highest BCUT2D eigenvalue weighted by atomic mass is 16.4. The Hall–Kier alpha value is -1.59. The van der Waals surface area contributed by atoms with Gasteiger partial charge in [0.05, 0.1) is 6.42 Å². The Labute approximate surface area is 99.0 Å². The van der Waals surface area contributed by atoms with E-state index in [2.05, 4.69) is 5.32 Å². The van der Waals surface area contributed by atoms with Gasteiger partial charge in [0.25, 0.3) is 0 Å². The van der Waals surface area contributed by atoms with Crippen LogP contribution in [0.3, 0.4) is 0 Å². The minimum absolute atomic E-state index is 0.290. The zero-order valence-corrected chi connectivity index (χ0v) is 9.73. The van der Waals surface area contributed by atoms with Crippen molar-refractivity contribution in [1.82, 2.24) is 5.32 Å². The number of carbonyl (C=O) groups excluding carboxylic acids is 1. The molecule has 1 rings (SSSR count). The molecule has 0 aromatic heterocycles. The van der Waals surface area contributed by atoms with Crippen molar-refractivity contribution >= 4 is 17.8 Å². The van der Waals surface area contributed by atoms with Gasteiger partial charge in [-0.25, -0.2) is 4.79 Å². The number of carbonyl (C=O) groups is 3. The number of carboxylic acids is 2. The number of amides is 1. The van der Waals surface area contributed by atoms with Crippen LogP contribution >= 0.6 is 0 Å². The van der Waals surface area contributed by atoms with E-state index >= 15 is 0 Å². The SMILES string of the molecule is CC(CC(=O)O)C(=O)NC1(C(=O)O)CCCC1. The summed E-state index contributed by atoms with van der Waals surface area (Å²) in [6.45, 7) is 1.48. The third kappa shape index (κ3) is 3.18. The summed E-state index contributed by atoms with van der Waals surface area (Å²) >= 11 is 0. The standard InChI is InChI=1S/C11H17NO5/c1-7(6-8(13)14)9(15)12-11(10(16)17)4-2-3-5-11/h7H,2-6H2,1H3,(H,12,15)(H,13,14)(H,16,17). The Kier molecular flexibility index (Phi) is 4.09. The van der Waals surface area contributed by atoms with Crippen molar-refractivity contribution in [2.75, 3.05) is 0 Å². The summed E-state index contributed by atoms with van der Waals surface area (Å²) in [5.74, 6) is -3.32. The number of hydrogen-bond donors (Lipinski definition) is 3. The Morgan fingerprint density at radius 3 is 2.18 bits per heavy atom. The van der Waals surface area contributed by atoms with Crippen molar-refractivity contribution in [2.24, 2.45) is 5.92 Å². The number of carboxylic acid groups (broad SMARTS) is 2. The average molecular weight is 243 g/mol. The van der Waals surface area contributed by atoms with E-state index in [-0.39, 0.29) is 6.42 Å². The summed E-state index contributed by atoms with van der Waals surface area (Å²) < 4.78 is 0. The first-order valence-corrected chi connectivity index (χ1v) is 5.64. The van der Waals surface area contributed by atoms with Gasteiger partial charge >= 0.3 is 11.9 Å². The van der Waals surface area contributed by atoms with E-state index in [4.69, 9.17) is 10.2 Å². The lowest BCUT2D eigenvalue weighted by Crippen LogP contribution is -2.54. The van der Waals surface area contributed by atoms with Crippen LogP contribution in [0.4, 0.5) is 0 Å². The number of rotatable bonds is 5. The Morgan fingerprint density at radius 2 is 1.76 bits per heavy atom. The minimum atomic E-state index is -1.19. The first kappa shape index (κ1) is 13.5. The molecule has 0 spiro atoms. The summed E-state index contributed by atoms with van der Waals surface area (Å²) in [4.78, 5) is 33.3. The van der Waals surface area contributed by atoms with Crippen LogP contribution in [0, 0.1) is 5.92 Å². The zero-order valence-electron chi connectivity index (χ0n) is 9.73. The first-order valence-electron chi connectivity index (χ1n) is 5.64. The van der Waals surface area contributed by atoms with Gasteiger partial charge in [0, 0.05) is 5.92 Å². The molecule has 0 aromatic rings. The number of nitrogens with one attached hydrogen (secondary N) is 1. The third-order valence-electron chi connectivity index (χ3n) is 3.16. The molecule has 0 aromatic carbocycles. The monoisotopic (exact) mass is 243 g/mol. The van der Waals surface area contributed by atoms with Crippen molar-refractivity contribution < 1.29 is 24.6 Å². The van der Waals surface area contributed by atoms with Crippen molar-refractivity contribution in [3.8, 4) is 0 Å². The molecular formula is C11H17NO5. The molecule has 1 amide bonds. The fraction of sp³-hybridized carbons (Fsp3) is 0.727. The Morgan fingerprint density at radius 1 is 1.24 bits per heavy atom. The second kappa shape index (κ2) is 5.16. The van der Waals surface area contributed by atoms with Crippen LogP contribution in [-0.4, -0.2) is 33.6 Å². The molecule has 1 saturated carbocycles. The predicted molar refractivity (Wildman–Crippen MR) is 58.4 cm³/mol. The topological polar surface area (TPSA) is 104 Å². The van der Waals surface area contributed by atoms with Gasteiger partial charge in [-0.2, -0.15) is 0 Å². The lowest BCUT2D eigenvalue weighted by molar-refractivity contribution is -0.148. The Balaban J connectivity index is 2.65. The molecule has 1 atom stereocenters. The van der Waals surface area contributed by atoms with Gasteiger partial charge in [0.2, 0.25) is 5.91 Å². The molecule has 6 nitrogen and oxygen atoms in total. The zero-order chi connectivity index (χ0) is 13.1. The summed E-state index contributed by atoms with van der Waals surface area (Å²) in [5.41, 5.74) is -1.19. The van der Waals surface area contributed by atoms with E-state index in [1.54, 1.807) is 0 Å².